The van der Waals surface area contributed by atoms with E-state index in [1.807, 2.05) is 23.6 Å². The lowest BCUT2D eigenvalue weighted by Gasteiger charge is -2.34. The minimum absolute atomic E-state index is 0.0912. The van der Waals surface area contributed by atoms with Gasteiger partial charge in [0, 0.05) is 43.0 Å². The molecule has 0 aromatic carbocycles. The molecule has 0 aliphatic carbocycles. The SMILES string of the molecule is CCn1c(C(N)=O)cc2c1-c1ccncc1OC2C1CCOCC1. The van der Waals surface area contributed by atoms with Gasteiger partial charge in [0.1, 0.15) is 17.5 Å². The first-order valence-electron chi connectivity index (χ1n) is 8.42. The van der Waals surface area contributed by atoms with Gasteiger partial charge in [-0.3, -0.25) is 9.78 Å². The highest BCUT2D eigenvalue weighted by molar-refractivity contribution is 5.93. The zero-order valence-corrected chi connectivity index (χ0v) is 13.7. The summed E-state index contributed by atoms with van der Waals surface area (Å²) in [6.07, 6.45) is 5.30. The molecule has 4 rings (SSSR count). The van der Waals surface area contributed by atoms with Crippen LogP contribution < -0.4 is 10.5 Å². The van der Waals surface area contributed by atoms with Gasteiger partial charge in [-0.2, -0.15) is 0 Å². The summed E-state index contributed by atoms with van der Waals surface area (Å²) in [4.78, 5) is 16.1. The third kappa shape index (κ3) is 2.29. The van der Waals surface area contributed by atoms with Crippen molar-refractivity contribution < 1.29 is 14.3 Å². The zero-order chi connectivity index (χ0) is 16.7. The molecule has 2 aliphatic heterocycles. The monoisotopic (exact) mass is 327 g/mol. The van der Waals surface area contributed by atoms with Crippen LogP contribution in [0.4, 0.5) is 0 Å². The van der Waals surface area contributed by atoms with Gasteiger partial charge in [0.2, 0.25) is 0 Å². The van der Waals surface area contributed by atoms with Crippen LogP contribution in [0.3, 0.4) is 0 Å². The topological polar surface area (TPSA) is 79.4 Å². The number of carbonyl (C=O) groups excluding carboxylic acids is 1. The summed E-state index contributed by atoms with van der Waals surface area (Å²) in [5, 5.41) is 0. The maximum atomic E-state index is 11.9. The van der Waals surface area contributed by atoms with Gasteiger partial charge in [0.25, 0.3) is 5.91 Å². The fraction of sp³-hybridized carbons (Fsp3) is 0.444. The van der Waals surface area contributed by atoms with Gasteiger partial charge in [0.15, 0.2) is 0 Å². The third-order valence-electron chi connectivity index (χ3n) is 4.99. The van der Waals surface area contributed by atoms with E-state index in [-0.39, 0.29) is 6.10 Å². The highest BCUT2D eigenvalue weighted by atomic mass is 16.5. The Kier molecular flexibility index (Phi) is 3.76. The Morgan fingerprint density at radius 1 is 1.42 bits per heavy atom. The molecule has 1 unspecified atom stereocenters. The molecule has 1 atom stereocenters. The quantitative estimate of drug-likeness (QED) is 0.939. The second kappa shape index (κ2) is 5.94. The Labute approximate surface area is 140 Å². The second-order valence-electron chi connectivity index (χ2n) is 6.30. The van der Waals surface area contributed by atoms with Gasteiger partial charge >= 0.3 is 0 Å². The average Bonchev–Trinajstić information content (AvgIpc) is 3.02. The fourth-order valence-electron chi connectivity index (χ4n) is 3.86. The van der Waals surface area contributed by atoms with Crippen LogP contribution in [0.5, 0.6) is 5.75 Å². The molecule has 2 N–H and O–H groups in total. The van der Waals surface area contributed by atoms with E-state index in [4.69, 9.17) is 15.2 Å². The molecular formula is C18H21N3O3. The van der Waals surface area contributed by atoms with Crippen molar-refractivity contribution in [3.05, 3.63) is 35.8 Å². The molecule has 1 fully saturated rings. The van der Waals surface area contributed by atoms with Crippen LogP contribution in [0.25, 0.3) is 11.3 Å². The predicted molar refractivity (Wildman–Crippen MR) is 88.8 cm³/mol. The highest BCUT2D eigenvalue weighted by Crippen LogP contribution is 2.47. The van der Waals surface area contributed by atoms with Gasteiger partial charge < -0.3 is 19.8 Å². The molecule has 2 aromatic heterocycles. The molecule has 1 saturated heterocycles. The van der Waals surface area contributed by atoms with Crippen LogP contribution in [-0.2, 0) is 11.3 Å². The molecule has 24 heavy (non-hydrogen) atoms. The summed E-state index contributed by atoms with van der Waals surface area (Å²) in [7, 11) is 0. The van der Waals surface area contributed by atoms with Crippen molar-refractivity contribution in [1.29, 1.82) is 0 Å². The lowest BCUT2D eigenvalue weighted by Crippen LogP contribution is -2.27. The highest BCUT2D eigenvalue weighted by Gasteiger charge is 2.36. The van der Waals surface area contributed by atoms with Crippen LogP contribution in [0.2, 0.25) is 0 Å². The van der Waals surface area contributed by atoms with Crippen molar-refractivity contribution in [2.75, 3.05) is 13.2 Å². The van der Waals surface area contributed by atoms with E-state index in [0.717, 1.165) is 48.6 Å². The van der Waals surface area contributed by atoms with Crippen LogP contribution in [-0.4, -0.2) is 28.7 Å². The number of hydrogen-bond donors (Lipinski definition) is 1. The molecule has 2 aliphatic rings. The second-order valence-corrected chi connectivity index (χ2v) is 6.30. The van der Waals surface area contributed by atoms with E-state index in [9.17, 15) is 4.79 Å². The van der Waals surface area contributed by atoms with E-state index in [1.165, 1.54) is 0 Å². The van der Waals surface area contributed by atoms with Gasteiger partial charge in [-0.05, 0) is 31.9 Å². The van der Waals surface area contributed by atoms with Crippen LogP contribution in [0.1, 0.15) is 41.9 Å². The fourth-order valence-corrected chi connectivity index (χ4v) is 3.86. The van der Waals surface area contributed by atoms with E-state index in [0.29, 0.717) is 18.2 Å². The Hall–Kier alpha value is -2.34. The number of pyridine rings is 1. The van der Waals surface area contributed by atoms with Crippen LogP contribution >= 0.6 is 0 Å². The molecule has 0 bridgehead atoms. The molecule has 2 aromatic rings. The number of nitrogens with two attached hydrogens (primary N) is 1. The summed E-state index contributed by atoms with van der Waals surface area (Å²) < 4.78 is 13.8. The largest absolute Gasteiger partial charge is 0.483 e. The maximum Gasteiger partial charge on any atom is 0.265 e. The predicted octanol–water partition coefficient (Wildman–Crippen LogP) is 2.53. The summed E-state index contributed by atoms with van der Waals surface area (Å²) in [6, 6.07) is 3.84. The number of hydrogen-bond acceptors (Lipinski definition) is 4. The van der Waals surface area contributed by atoms with Crippen molar-refractivity contribution in [2.24, 2.45) is 11.7 Å². The third-order valence-corrected chi connectivity index (χ3v) is 4.99. The molecule has 0 spiro atoms. The van der Waals surface area contributed by atoms with E-state index >= 15 is 0 Å². The maximum absolute atomic E-state index is 11.9. The Bertz CT molecular complexity index is 778. The molecule has 6 nitrogen and oxygen atoms in total. The molecule has 0 saturated carbocycles. The summed E-state index contributed by atoms with van der Waals surface area (Å²) >= 11 is 0. The van der Waals surface area contributed by atoms with E-state index in [2.05, 4.69) is 4.98 Å². The Morgan fingerprint density at radius 3 is 2.92 bits per heavy atom. The lowest BCUT2D eigenvalue weighted by molar-refractivity contribution is 0.0162. The number of carbonyl (C=O) groups is 1. The van der Waals surface area contributed by atoms with Gasteiger partial charge in [-0.25, -0.2) is 0 Å². The summed E-state index contributed by atoms with van der Waals surface area (Å²) in [5.74, 6) is 0.720. The van der Waals surface area contributed by atoms with E-state index in [1.54, 1.807) is 12.4 Å². The first kappa shape index (κ1) is 15.2. The number of aromatic nitrogens is 2. The number of primary amides is 1. The van der Waals surface area contributed by atoms with Gasteiger partial charge in [-0.1, -0.05) is 0 Å². The molecular weight excluding hydrogens is 306 g/mol. The number of ether oxygens (including phenoxy) is 2. The summed E-state index contributed by atoms with van der Waals surface area (Å²) in [5.41, 5.74) is 9.20. The minimum atomic E-state index is -0.410. The minimum Gasteiger partial charge on any atom is -0.483 e. The number of nitrogens with zero attached hydrogens (tertiary/aromatic N) is 2. The van der Waals surface area contributed by atoms with Crippen molar-refractivity contribution in [2.45, 2.75) is 32.4 Å². The van der Waals surface area contributed by atoms with Gasteiger partial charge in [0.05, 0.1) is 11.9 Å². The molecule has 1 amide bonds. The van der Waals surface area contributed by atoms with Crippen LogP contribution in [0.15, 0.2) is 24.5 Å². The Morgan fingerprint density at radius 2 is 2.21 bits per heavy atom. The van der Waals surface area contributed by atoms with Crippen molar-refractivity contribution in [3.8, 4) is 17.0 Å². The van der Waals surface area contributed by atoms with E-state index < -0.39 is 5.91 Å². The smallest absolute Gasteiger partial charge is 0.265 e. The Balaban J connectivity index is 1.90. The first-order chi connectivity index (χ1) is 11.7. The zero-order valence-electron chi connectivity index (χ0n) is 13.7. The van der Waals surface area contributed by atoms with Crippen LogP contribution in [0, 0.1) is 5.92 Å². The lowest BCUT2D eigenvalue weighted by atomic mass is 9.86. The molecule has 6 heteroatoms. The molecule has 0 radical (unpaired) electrons. The van der Waals surface area contributed by atoms with Crippen molar-refractivity contribution in [3.63, 3.8) is 0 Å². The normalized spacial score (nSPS) is 20.1. The summed E-state index contributed by atoms with van der Waals surface area (Å²) in [6.45, 7) is 4.19. The van der Waals surface area contributed by atoms with Crippen molar-refractivity contribution >= 4 is 5.91 Å². The number of amides is 1. The molecule has 126 valence electrons. The molecule has 4 heterocycles. The van der Waals surface area contributed by atoms with Gasteiger partial charge in [-0.15, -0.1) is 0 Å². The first-order valence-corrected chi connectivity index (χ1v) is 8.42. The number of rotatable bonds is 3. The average molecular weight is 327 g/mol. The van der Waals surface area contributed by atoms with Crippen molar-refractivity contribution in [1.82, 2.24) is 9.55 Å². The standard InChI is InChI=1S/C18H21N3O3/c1-2-21-14(18(19)22)9-13-16(21)12-3-6-20-10-15(12)24-17(13)11-4-7-23-8-5-11/h3,6,9-11,17H,2,4-5,7-8H2,1H3,(H2,19,22). The number of fused-ring (bicyclic) bond motifs is 3.